The molecule has 0 aliphatic carbocycles. The molecule has 1 amide bonds. The molecule has 2 atom stereocenters. The van der Waals surface area contributed by atoms with Gasteiger partial charge in [-0.25, -0.2) is 4.63 Å². The van der Waals surface area contributed by atoms with Crippen molar-refractivity contribution >= 4 is 5.91 Å². The fraction of sp³-hybridized carbons (Fsp3) is 0.500. The monoisotopic (exact) mass is 329 g/mol. The molecule has 1 aromatic heterocycles. The quantitative estimate of drug-likeness (QED) is 0.839. The third kappa shape index (κ3) is 3.82. The number of amides is 1. The first kappa shape index (κ1) is 16.6. The fourth-order valence-electron chi connectivity index (χ4n) is 3.27. The van der Waals surface area contributed by atoms with Crippen LogP contribution >= 0.6 is 0 Å². The first-order valence-electron chi connectivity index (χ1n) is 8.30. The van der Waals surface area contributed by atoms with Crippen LogP contribution in [0.3, 0.4) is 0 Å². The summed E-state index contributed by atoms with van der Waals surface area (Å²) in [6.45, 7) is 3.17. The van der Waals surface area contributed by atoms with Crippen LogP contribution in [-0.4, -0.2) is 47.4 Å². The molecule has 2 heterocycles. The summed E-state index contributed by atoms with van der Waals surface area (Å²) in [6.07, 6.45) is 2.21. The van der Waals surface area contributed by atoms with E-state index in [2.05, 4.69) is 39.2 Å². The summed E-state index contributed by atoms with van der Waals surface area (Å²) in [5, 5.41) is 7.52. The summed E-state index contributed by atoms with van der Waals surface area (Å²) in [5.74, 6) is 0.478. The van der Waals surface area contributed by atoms with Crippen LogP contribution in [0.25, 0.3) is 0 Å². The van der Waals surface area contributed by atoms with E-state index in [1.165, 1.54) is 5.56 Å². The van der Waals surface area contributed by atoms with Crippen LogP contribution < -0.4 is 0 Å². The zero-order valence-electron chi connectivity index (χ0n) is 14.1. The zero-order valence-corrected chi connectivity index (χ0v) is 14.1. The number of ether oxygens (including phenoxy) is 1. The molecule has 1 aliphatic rings. The Labute approximate surface area is 141 Å². The van der Waals surface area contributed by atoms with Crippen molar-refractivity contribution in [2.75, 3.05) is 20.2 Å². The molecule has 1 aromatic carbocycles. The third-order valence-corrected chi connectivity index (χ3v) is 4.76. The van der Waals surface area contributed by atoms with E-state index in [4.69, 9.17) is 4.74 Å². The van der Waals surface area contributed by atoms with Crippen LogP contribution in [0, 0.1) is 12.8 Å². The minimum Gasteiger partial charge on any atom is -0.379 e. The van der Waals surface area contributed by atoms with Gasteiger partial charge in [0, 0.05) is 20.2 Å². The molecule has 0 unspecified atom stereocenters. The zero-order chi connectivity index (χ0) is 16.9. The third-order valence-electron chi connectivity index (χ3n) is 4.76. The van der Waals surface area contributed by atoms with Crippen molar-refractivity contribution in [3.05, 3.63) is 47.3 Å². The number of aryl methyl sites for hydroxylation is 1. The maximum absolute atomic E-state index is 12.5. The topological polar surface area (TPSA) is 68.5 Å². The predicted octanol–water partition coefficient (Wildman–Crippen LogP) is 2.03. The van der Waals surface area contributed by atoms with Gasteiger partial charge in [-0.3, -0.25) is 4.79 Å². The molecule has 3 rings (SSSR count). The van der Waals surface area contributed by atoms with Crippen molar-refractivity contribution in [2.24, 2.45) is 5.92 Å². The smallest absolute Gasteiger partial charge is 0.228 e. The number of carbonyl (C=O) groups excluding carboxylic acids is 1. The lowest BCUT2D eigenvalue weighted by molar-refractivity contribution is -0.135. The SMILES string of the molecule is CO[C@H]1CN(C(=O)Cc2nonc2C)CC[C@@H]1Cc1ccccc1. The summed E-state index contributed by atoms with van der Waals surface area (Å²) >= 11 is 0. The molecule has 128 valence electrons. The Morgan fingerprint density at radius 2 is 2.12 bits per heavy atom. The second kappa shape index (κ2) is 7.57. The number of piperidine rings is 1. The van der Waals surface area contributed by atoms with Gasteiger partial charge in [0.05, 0.1) is 12.5 Å². The highest BCUT2D eigenvalue weighted by Crippen LogP contribution is 2.24. The molecule has 1 fully saturated rings. The summed E-state index contributed by atoms with van der Waals surface area (Å²) in [7, 11) is 1.72. The van der Waals surface area contributed by atoms with Gasteiger partial charge in [0.2, 0.25) is 5.91 Å². The molecule has 1 aliphatic heterocycles. The molecule has 2 aromatic rings. The molecule has 0 spiro atoms. The van der Waals surface area contributed by atoms with E-state index in [1.54, 1.807) is 14.0 Å². The number of carbonyl (C=O) groups is 1. The van der Waals surface area contributed by atoms with Crippen LogP contribution in [-0.2, 0) is 22.4 Å². The van der Waals surface area contributed by atoms with E-state index in [-0.39, 0.29) is 18.4 Å². The first-order valence-corrected chi connectivity index (χ1v) is 8.30. The summed E-state index contributed by atoms with van der Waals surface area (Å²) in [5.41, 5.74) is 2.60. The largest absolute Gasteiger partial charge is 0.379 e. The van der Waals surface area contributed by atoms with E-state index in [0.29, 0.717) is 23.9 Å². The lowest BCUT2D eigenvalue weighted by Crippen LogP contribution is -2.48. The molecule has 0 N–H and O–H groups in total. The number of aromatic nitrogens is 2. The normalized spacial score (nSPS) is 21.0. The van der Waals surface area contributed by atoms with Crippen molar-refractivity contribution in [1.29, 1.82) is 0 Å². The average molecular weight is 329 g/mol. The van der Waals surface area contributed by atoms with Gasteiger partial charge in [0.1, 0.15) is 11.4 Å². The number of hydrogen-bond acceptors (Lipinski definition) is 5. The average Bonchev–Trinajstić information content (AvgIpc) is 3.01. The van der Waals surface area contributed by atoms with Gasteiger partial charge in [-0.1, -0.05) is 40.6 Å². The van der Waals surface area contributed by atoms with Gasteiger partial charge in [0.25, 0.3) is 0 Å². The maximum atomic E-state index is 12.5. The van der Waals surface area contributed by atoms with Crippen molar-refractivity contribution in [2.45, 2.75) is 32.3 Å². The highest BCUT2D eigenvalue weighted by atomic mass is 16.6. The van der Waals surface area contributed by atoms with Gasteiger partial charge in [-0.2, -0.15) is 0 Å². The Hall–Kier alpha value is -2.21. The molecule has 0 saturated carbocycles. The standard InChI is InChI=1S/C18H23N3O3/c1-13-16(20-24-19-13)11-18(22)21-9-8-15(17(12-21)23-2)10-14-6-4-3-5-7-14/h3-7,15,17H,8-12H2,1-2H3/t15-,17+/m1/s1. The van der Waals surface area contributed by atoms with Crippen LogP contribution in [0.1, 0.15) is 23.4 Å². The van der Waals surface area contributed by atoms with Gasteiger partial charge < -0.3 is 9.64 Å². The molecule has 6 heteroatoms. The molecule has 0 radical (unpaired) electrons. The van der Waals surface area contributed by atoms with Crippen molar-refractivity contribution < 1.29 is 14.2 Å². The van der Waals surface area contributed by atoms with Crippen molar-refractivity contribution in [1.82, 2.24) is 15.2 Å². The van der Waals surface area contributed by atoms with Gasteiger partial charge in [0.15, 0.2) is 0 Å². The Bertz CT molecular complexity index is 671. The lowest BCUT2D eigenvalue weighted by atomic mass is 9.87. The fourth-order valence-corrected chi connectivity index (χ4v) is 3.27. The molecule has 1 saturated heterocycles. The predicted molar refractivity (Wildman–Crippen MR) is 88.4 cm³/mol. The maximum Gasteiger partial charge on any atom is 0.228 e. The first-order chi connectivity index (χ1) is 11.7. The minimum absolute atomic E-state index is 0.0500. The summed E-state index contributed by atoms with van der Waals surface area (Å²) in [6, 6.07) is 10.4. The summed E-state index contributed by atoms with van der Waals surface area (Å²) in [4.78, 5) is 14.4. The van der Waals surface area contributed by atoms with Crippen LogP contribution in [0.2, 0.25) is 0 Å². The van der Waals surface area contributed by atoms with Gasteiger partial charge >= 0.3 is 0 Å². The molecular formula is C18H23N3O3. The number of methoxy groups -OCH3 is 1. The van der Waals surface area contributed by atoms with Crippen LogP contribution in [0.4, 0.5) is 0 Å². The highest BCUT2D eigenvalue weighted by Gasteiger charge is 2.32. The van der Waals surface area contributed by atoms with E-state index < -0.39 is 0 Å². The van der Waals surface area contributed by atoms with Gasteiger partial charge in [-0.15, -0.1) is 0 Å². The Balaban J connectivity index is 1.60. The Morgan fingerprint density at radius 3 is 2.79 bits per heavy atom. The molecule has 0 bridgehead atoms. The number of hydrogen-bond donors (Lipinski definition) is 0. The van der Waals surface area contributed by atoms with Gasteiger partial charge in [-0.05, 0) is 31.2 Å². The Kier molecular flexibility index (Phi) is 5.25. The van der Waals surface area contributed by atoms with Crippen LogP contribution in [0.5, 0.6) is 0 Å². The highest BCUT2D eigenvalue weighted by molar-refractivity contribution is 5.78. The second-order valence-corrected chi connectivity index (χ2v) is 6.33. The number of benzene rings is 1. The second-order valence-electron chi connectivity index (χ2n) is 6.33. The number of rotatable bonds is 5. The molecule has 24 heavy (non-hydrogen) atoms. The van der Waals surface area contributed by atoms with Crippen LogP contribution in [0.15, 0.2) is 35.0 Å². The number of likely N-dealkylation sites (tertiary alicyclic amines) is 1. The Morgan fingerprint density at radius 1 is 1.33 bits per heavy atom. The van der Waals surface area contributed by atoms with Crippen molar-refractivity contribution in [3.63, 3.8) is 0 Å². The number of nitrogens with zero attached hydrogens (tertiary/aromatic N) is 3. The van der Waals surface area contributed by atoms with E-state index >= 15 is 0 Å². The lowest BCUT2D eigenvalue weighted by Gasteiger charge is -2.38. The van der Waals surface area contributed by atoms with E-state index in [0.717, 1.165) is 19.4 Å². The summed E-state index contributed by atoms with van der Waals surface area (Å²) < 4.78 is 10.3. The molecule has 6 nitrogen and oxygen atoms in total. The van der Waals surface area contributed by atoms with E-state index in [1.807, 2.05) is 11.0 Å². The van der Waals surface area contributed by atoms with E-state index in [9.17, 15) is 4.79 Å². The molecular weight excluding hydrogens is 306 g/mol. The minimum atomic E-state index is 0.0500. The van der Waals surface area contributed by atoms with Crippen molar-refractivity contribution in [3.8, 4) is 0 Å².